The van der Waals surface area contributed by atoms with Crippen LogP contribution in [0.1, 0.15) is 20.8 Å². The zero-order valence-corrected chi connectivity index (χ0v) is 13.6. The highest BCUT2D eigenvalue weighted by atomic mass is 32.2. The Bertz CT molecular complexity index is 637. The lowest BCUT2D eigenvalue weighted by molar-refractivity contribution is 0.0448. The van der Waals surface area contributed by atoms with Crippen molar-refractivity contribution >= 4 is 22.1 Å². The molecule has 0 atom stereocenters. The summed E-state index contributed by atoms with van der Waals surface area (Å²) in [5.41, 5.74) is 1.10. The minimum Gasteiger partial charge on any atom is -0.443 e. The van der Waals surface area contributed by atoms with Crippen LogP contribution in [-0.2, 0) is 14.8 Å². The van der Waals surface area contributed by atoms with Crippen LogP contribution in [0.15, 0.2) is 35.2 Å². The predicted molar refractivity (Wildman–Crippen MR) is 79.3 cm³/mol. The maximum Gasteiger partial charge on any atom is 0.427 e. The molecule has 0 aromatic heterocycles. The van der Waals surface area contributed by atoms with Crippen molar-refractivity contribution in [1.82, 2.24) is 15.2 Å². The third-order valence-electron chi connectivity index (χ3n) is 2.27. The number of sulfonamides is 1. The molecule has 0 aliphatic rings. The van der Waals surface area contributed by atoms with Crippen molar-refractivity contribution in [3.8, 4) is 0 Å². The number of benzene rings is 1. The summed E-state index contributed by atoms with van der Waals surface area (Å²) >= 11 is 0. The number of carbonyl (C=O) groups is 2. The molecule has 1 aromatic rings. The topological polar surface area (TPSA) is 105 Å². The van der Waals surface area contributed by atoms with Crippen molar-refractivity contribution in [1.29, 1.82) is 0 Å². The first kappa shape index (κ1) is 17.8. The zero-order valence-electron chi connectivity index (χ0n) is 12.8. The van der Waals surface area contributed by atoms with Crippen molar-refractivity contribution in [2.24, 2.45) is 0 Å². The molecule has 0 unspecified atom stereocenters. The number of carbonyl (C=O) groups excluding carboxylic acids is 2. The fourth-order valence-corrected chi connectivity index (χ4v) is 2.62. The first-order valence-corrected chi connectivity index (χ1v) is 7.83. The van der Waals surface area contributed by atoms with Crippen LogP contribution in [0.5, 0.6) is 0 Å². The number of hydrogen-bond donors (Lipinski definition) is 2. The van der Waals surface area contributed by atoms with E-state index in [1.54, 1.807) is 26.8 Å². The first-order valence-electron chi connectivity index (χ1n) is 6.39. The average molecular weight is 329 g/mol. The van der Waals surface area contributed by atoms with E-state index in [0.29, 0.717) is 0 Å². The van der Waals surface area contributed by atoms with E-state index < -0.39 is 27.7 Å². The van der Waals surface area contributed by atoms with Gasteiger partial charge in [-0.2, -0.15) is 8.42 Å². The summed E-state index contributed by atoms with van der Waals surface area (Å²) in [6.45, 7) is 4.84. The fraction of sp³-hybridized carbons (Fsp3) is 0.385. The maximum absolute atomic E-state index is 12.4. The van der Waals surface area contributed by atoms with Crippen LogP contribution < -0.4 is 10.7 Å². The van der Waals surface area contributed by atoms with Crippen LogP contribution in [0.4, 0.5) is 9.59 Å². The summed E-state index contributed by atoms with van der Waals surface area (Å²) in [5.74, 6) is 0. The standard InChI is InChI=1S/C13H19N3O5S/c1-13(2,3)21-12(18)15-16(11(17)14-4)22(19,20)10-8-6-5-7-9-10/h5-9H,1-4H3,(H,14,17)(H,15,18). The van der Waals surface area contributed by atoms with Gasteiger partial charge in [0.15, 0.2) is 0 Å². The maximum atomic E-state index is 12.4. The highest BCUT2D eigenvalue weighted by Crippen LogP contribution is 2.14. The van der Waals surface area contributed by atoms with E-state index in [1.165, 1.54) is 31.3 Å². The summed E-state index contributed by atoms with van der Waals surface area (Å²) < 4.78 is 30.0. The third kappa shape index (κ3) is 4.62. The van der Waals surface area contributed by atoms with Crippen LogP contribution >= 0.6 is 0 Å². The molecule has 0 saturated carbocycles. The Kier molecular flexibility index (Phi) is 5.37. The summed E-state index contributed by atoms with van der Waals surface area (Å²) in [6.07, 6.45) is -1.06. The molecule has 1 rings (SSSR count). The van der Waals surface area contributed by atoms with Crippen molar-refractivity contribution < 1.29 is 22.7 Å². The Balaban J connectivity index is 3.09. The number of amides is 3. The molecule has 3 amide bonds. The van der Waals surface area contributed by atoms with E-state index in [2.05, 4.69) is 5.32 Å². The van der Waals surface area contributed by atoms with E-state index in [0.717, 1.165) is 0 Å². The van der Waals surface area contributed by atoms with Crippen LogP contribution in [0.25, 0.3) is 0 Å². The molecule has 9 heteroatoms. The fourth-order valence-electron chi connectivity index (χ4n) is 1.40. The molecule has 0 radical (unpaired) electrons. The number of ether oxygens (including phenoxy) is 1. The number of hydrazine groups is 1. The molecule has 22 heavy (non-hydrogen) atoms. The quantitative estimate of drug-likeness (QED) is 0.799. The Hall–Kier alpha value is -2.29. The summed E-state index contributed by atoms with van der Waals surface area (Å²) in [4.78, 5) is 23.4. The van der Waals surface area contributed by atoms with E-state index in [1.807, 2.05) is 5.43 Å². The number of rotatable bonds is 2. The van der Waals surface area contributed by atoms with Gasteiger partial charge >= 0.3 is 12.1 Å². The Morgan fingerprint density at radius 1 is 1.14 bits per heavy atom. The van der Waals surface area contributed by atoms with Crippen LogP contribution in [0, 0.1) is 0 Å². The minimum absolute atomic E-state index is 0.144. The number of hydrogen-bond acceptors (Lipinski definition) is 5. The van der Waals surface area contributed by atoms with Gasteiger partial charge < -0.3 is 10.1 Å². The number of nitrogens with one attached hydrogen (secondary N) is 2. The monoisotopic (exact) mass is 329 g/mol. The van der Waals surface area contributed by atoms with Gasteiger partial charge in [0, 0.05) is 7.05 Å². The van der Waals surface area contributed by atoms with Gasteiger partial charge in [-0.05, 0) is 32.9 Å². The molecule has 0 spiro atoms. The van der Waals surface area contributed by atoms with Crippen molar-refractivity contribution in [2.45, 2.75) is 31.3 Å². The second kappa shape index (κ2) is 6.65. The lowest BCUT2D eigenvalue weighted by Gasteiger charge is -2.25. The van der Waals surface area contributed by atoms with Gasteiger partial charge in [0.25, 0.3) is 10.0 Å². The Morgan fingerprint density at radius 2 is 1.68 bits per heavy atom. The van der Waals surface area contributed by atoms with E-state index in [9.17, 15) is 18.0 Å². The highest BCUT2D eigenvalue weighted by molar-refractivity contribution is 7.89. The summed E-state index contributed by atoms with van der Waals surface area (Å²) in [7, 11) is -3.01. The average Bonchev–Trinajstić information content (AvgIpc) is 2.43. The molecule has 2 N–H and O–H groups in total. The van der Waals surface area contributed by atoms with Crippen LogP contribution in [0.2, 0.25) is 0 Å². The van der Waals surface area contributed by atoms with E-state index >= 15 is 0 Å². The normalized spacial score (nSPS) is 11.5. The predicted octanol–water partition coefficient (Wildman–Crippen LogP) is 1.46. The zero-order chi connectivity index (χ0) is 17.0. The first-order chi connectivity index (χ1) is 10.1. The third-order valence-corrected chi connectivity index (χ3v) is 3.88. The minimum atomic E-state index is -4.25. The molecule has 0 saturated heterocycles. The van der Waals surface area contributed by atoms with Gasteiger partial charge in [-0.25, -0.2) is 15.0 Å². The molecule has 0 aliphatic heterocycles. The van der Waals surface area contributed by atoms with Gasteiger partial charge in [-0.1, -0.05) is 18.2 Å². The molecule has 0 fully saturated rings. The summed E-state index contributed by atoms with van der Waals surface area (Å²) in [6, 6.07) is 6.23. The van der Waals surface area contributed by atoms with E-state index in [4.69, 9.17) is 4.74 Å². The van der Waals surface area contributed by atoms with Crippen molar-refractivity contribution in [2.75, 3.05) is 7.05 Å². The second-order valence-electron chi connectivity index (χ2n) is 5.25. The van der Waals surface area contributed by atoms with Gasteiger partial charge in [0.2, 0.25) is 0 Å². The molecule has 0 heterocycles. The van der Waals surface area contributed by atoms with Gasteiger partial charge in [-0.15, -0.1) is 4.41 Å². The summed E-state index contributed by atoms with van der Waals surface area (Å²) in [5, 5.41) is 2.15. The lowest BCUT2D eigenvalue weighted by atomic mass is 10.2. The van der Waals surface area contributed by atoms with Crippen LogP contribution in [0.3, 0.4) is 0 Å². The molecular weight excluding hydrogens is 310 g/mol. The molecule has 122 valence electrons. The number of nitrogens with zero attached hydrogens (tertiary/aromatic N) is 1. The van der Waals surface area contributed by atoms with Crippen LogP contribution in [-0.4, -0.2) is 37.6 Å². The molecule has 0 aliphatic carbocycles. The second-order valence-corrected chi connectivity index (χ2v) is 7.04. The molecular formula is C13H19N3O5S. The Labute approximate surface area is 129 Å². The van der Waals surface area contributed by atoms with Crippen molar-refractivity contribution in [3.63, 3.8) is 0 Å². The molecule has 8 nitrogen and oxygen atoms in total. The molecule has 0 bridgehead atoms. The van der Waals surface area contributed by atoms with E-state index in [-0.39, 0.29) is 9.31 Å². The lowest BCUT2D eigenvalue weighted by Crippen LogP contribution is -2.53. The van der Waals surface area contributed by atoms with Crippen molar-refractivity contribution in [3.05, 3.63) is 30.3 Å². The Morgan fingerprint density at radius 3 is 2.14 bits per heavy atom. The van der Waals surface area contributed by atoms with Gasteiger partial charge in [-0.3, -0.25) is 0 Å². The van der Waals surface area contributed by atoms with Gasteiger partial charge in [0.1, 0.15) is 5.60 Å². The SMILES string of the molecule is CNC(=O)N(NC(=O)OC(C)(C)C)S(=O)(=O)c1ccccc1. The number of urea groups is 1. The van der Waals surface area contributed by atoms with Gasteiger partial charge in [0.05, 0.1) is 4.90 Å². The largest absolute Gasteiger partial charge is 0.443 e. The molecule has 1 aromatic carbocycles. The smallest absolute Gasteiger partial charge is 0.427 e. The highest BCUT2D eigenvalue weighted by Gasteiger charge is 2.32.